The first-order chi connectivity index (χ1) is 15.4. The third-order valence-electron chi connectivity index (χ3n) is 7.24. The monoisotopic (exact) mass is 431 g/mol. The number of para-hydroxylation sites is 2. The van der Waals surface area contributed by atoms with Crippen LogP contribution < -0.4 is 9.80 Å². The van der Waals surface area contributed by atoms with Gasteiger partial charge in [0, 0.05) is 31.6 Å². The molecule has 2 aromatic carbocycles. The van der Waals surface area contributed by atoms with Gasteiger partial charge in [-0.1, -0.05) is 30.3 Å². The normalized spacial score (nSPS) is 22.0. The molecule has 1 saturated heterocycles. The van der Waals surface area contributed by atoms with Crippen LogP contribution in [-0.4, -0.2) is 41.4 Å². The Morgan fingerprint density at radius 2 is 1.88 bits per heavy atom. The minimum absolute atomic E-state index is 0.0499. The van der Waals surface area contributed by atoms with Gasteiger partial charge in [0.1, 0.15) is 5.66 Å². The molecular formula is C26H29N3O3. The number of fused-ring (bicyclic) bond motifs is 4. The number of carbonyl (C=O) groups is 3. The molecule has 1 unspecified atom stereocenters. The maximum Gasteiger partial charge on any atom is 0.257 e. The molecule has 1 fully saturated rings. The van der Waals surface area contributed by atoms with Crippen LogP contribution in [0.3, 0.4) is 0 Å². The summed E-state index contributed by atoms with van der Waals surface area (Å²) in [6.45, 7) is 5.22. The summed E-state index contributed by atoms with van der Waals surface area (Å²) in [5.74, 6) is 0.101. The van der Waals surface area contributed by atoms with Crippen molar-refractivity contribution >= 4 is 29.1 Å². The Balaban J connectivity index is 1.33. The lowest BCUT2D eigenvalue weighted by Crippen LogP contribution is -2.62. The molecule has 0 spiro atoms. The fourth-order valence-corrected chi connectivity index (χ4v) is 5.66. The summed E-state index contributed by atoms with van der Waals surface area (Å²) in [6, 6.07) is 13.6. The topological polar surface area (TPSA) is 60.9 Å². The van der Waals surface area contributed by atoms with E-state index in [0.717, 1.165) is 30.6 Å². The smallest absolute Gasteiger partial charge is 0.257 e. The lowest BCUT2D eigenvalue weighted by molar-refractivity contribution is -0.119. The third-order valence-corrected chi connectivity index (χ3v) is 7.24. The van der Waals surface area contributed by atoms with Crippen molar-refractivity contribution in [1.29, 1.82) is 0 Å². The van der Waals surface area contributed by atoms with Crippen molar-refractivity contribution in [1.82, 2.24) is 4.90 Å². The quantitative estimate of drug-likeness (QED) is 0.734. The van der Waals surface area contributed by atoms with Crippen molar-refractivity contribution in [2.45, 2.75) is 58.0 Å². The molecule has 3 aliphatic rings. The number of aryl methyl sites for hydroxylation is 2. The standard InChI is InChI=1S/C26H29N3O3/c1-18-8-5-9-19-10-6-16-27(24(18)19)22(30)13-7-17-28-25(32)20-11-3-4-12-21(20)29-23(31)14-15-26(28,29)2/h3-5,8-9,11-12H,6-7,10,13-17H2,1-2H3. The summed E-state index contributed by atoms with van der Waals surface area (Å²) in [7, 11) is 0. The fourth-order valence-electron chi connectivity index (χ4n) is 5.66. The maximum atomic E-state index is 13.3. The molecule has 6 heteroatoms. The molecule has 3 heterocycles. The van der Waals surface area contributed by atoms with Crippen molar-refractivity contribution in [2.75, 3.05) is 22.9 Å². The predicted molar refractivity (Wildman–Crippen MR) is 124 cm³/mol. The Morgan fingerprint density at radius 3 is 2.72 bits per heavy atom. The van der Waals surface area contributed by atoms with E-state index in [9.17, 15) is 14.4 Å². The molecule has 166 valence electrons. The second kappa shape index (κ2) is 7.76. The van der Waals surface area contributed by atoms with E-state index >= 15 is 0 Å². The van der Waals surface area contributed by atoms with Crippen molar-refractivity contribution in [2.24, 2.45) is 0 Å². The molecule has 0 N–H and O–H groups in total. The Labute approximate surface area is 188 Å². The minimum atomic E-state index is -0.667. The van der Waals surface area contributed by atoms with Gasteiger partial charge in [0.2, 0.25) is 11.8 Å². The van der Waals surface area contributed by atoms with Crippen LogP contribution in [0.15, 0.2) is 42.5 Å². The van der Waals surface area contributed by atoms with Gasteiger partial charge in [-0.15, -0.1) is 0 Å². The van der Waals surface area contributed by atoms with Crippen molar-refractivity contribution in [3.63, 3.8) is 0 Å². The highest BCUT2D eigenvalue weighted by molar-refractivity contribution is 6.10. The van der Waals surface area contributed by atoms with Gasteiger partial charge >= 0.3 is 0 Å². The zero-order valence-electron chi connectivity index (χ0n) is 18.8. The molecule has 0 radical (unpaired) electrons. The molecule has 2 aromatic rings. The molecule has 1 atom stereocenters. The molecule has 0 aliphatic carbocycles. The predicted octanol–water partition coefficient (Wildman–Crippen LogP) is 4.05. The largest absolute Gasteiger partial charge is 0.315 e. The summed E-state index contributed by atoms with van der Waals surface area (Å²) in [5, 5.41) is 0. The van der Waals surface area contributed by atoms with Gasteiger partial charge in [0.25, 0.3) is 5.91 Å². The minimum Gasteiger partial charge on any atom is -0.315 e. The summed E-state index contributed by atoms with van der Waals surface area (Å²) >= 11 is 0. The Morgan fingerprint density at radius 1 is 1.06 bits per heavy atom. The van der Waals surface area contributed by atoms with Crippen LogP contribution >= 0.6 is 0 Å². The SMILES string of the molecule is Cc1cccc2c1N(C(=O)CCCN1C(=O)c3ccccc3N3C(=O)CCC13C)CCC2. The van der Waals surface area contributed by atoms with Crippen LogP contribution in [0.4, 0.5) is 11.4 Å². The van der Waals surface area contributed by atoms with E-state index in [1.165, 1.54) is 5.56 Å². The average molecular weight is 432 g/mol. The molecule has 32 heavy (non-hydrogen) atoms. The van der Waals surface area contributed by atoms with Crippen molar-refractivity contribution in [3.8, 4) is 0 Å². The second-order valence-electron chi connectivity index (χ2n) is 9.26. The number of rotatable bonds is 4. The number of nitrogens with zero attached hydrogens (tertiary/aromatic N) is 3. The van der Waals surface area contributed by atoms with Gasteiger partial charge < -0.3 is 9.80 Å². The van der Waals surface area contributed by atoms with Crippen LogP contribution in [0, 0.1) is 6.92 Å². The highest BCUT2D eigenvalue weighted by Gasteiger charge is 2.52. The van der Waals surface area contributed by atoms with Crippen molar-refractivity contribution < 1.29 is 14.4 Å². The van der Waals surface area contributed by atoms with Crippen LogP contribution in [0.5, 0.6) is 0 Å². The zero-order valence-corrected chi connectivity index (χ0v) is 18.8. The van der Waals surface area contributed by atoms with Crippen LogP contribution in [0.25, 0.3) is 0 Å². The Hall–Kier alpha value is -3.15. The number of hydrogen-bond acceptors (Lipinski definition) is 3. The fraction of sp³-hybridized carbons (Fsp3) is 0.423. The van der Waals surface area contributed by atoms with Gasteiger partial charge in [-0.3, -0.25) is 19.3 Å². The lowest BCUT2D eigenvalue weighted by atomic mass is 9.97. The van der Waals surface area contributed by atoms with Crippen LogP contribution in [0.2, 0.25) is 0 Å². The van der Waals surface area contributed by atoms with Gasteiger partial charge in [0.05, 0.1) is 11.3 Å². The molecular weight excluding hydrogens is 402 g/mol. The summed E-state index contributed by atoms with van der Waals surface area (Å²) in [4.78, 5) is 44.7. The maximum absolute atomic E-state index is 13.3. The molecule has 3 amide bonds. The highest BCUT2D eigenvalue weighted by Crippen LogP contribution is 2.44. The van der Waals surface area contributed by atoms with Crippen LogP contribution in [0.1, 0.15) is 60.5 Å². The van der Waals surface area contributed by atoms with E-state index in [1.807, 2.05) is 34.9 Å². The van der Waals surface area contributed by atoms with Gasteiger partial charge in [-0.2, -0.15) is 0 Å². The first-order valence-electron chi connectivity index (χ1n) is 11.5. The molecule has 5 rings (SSSR count). The van der Waals surface area contributed by atoms with E-state index in [2.05, 4.69) is 25.1 Å². The Bertz CT molecular complexity index is 1110. The molecule has 3 aliphatic heterocycles. The number of carbonyl (C=O) groups excluding carboxylic acids is 3. The van der Waals surface area contributed by atoms with E-state index in [0.29, 0.717) is 43.5 Å². The lowest BCUT2D eigenvalue weighted by Gasteiger charge is -2.48. The highest BCUT2D eigenvalue weighted by atomic mass is 16.2. The van der Waals surface area contributed by atoms with Crippen LogP contribution in [-0.2, 0) is 16.0 Å². The van der Waals surface area contributed by atoms with Gasteiger partial charge in [0.15, 0.2) is 0 Å². The first-order valence-corrected chi connectivity index (χ1v) is 11.5. The first kappa shape index (κ1) is 20.7. The van der Waals surface area contributed by atoms with E-state index < -0.39 is 5.66 Å². The summed E-state index contributed by atoms with van der Waals surface area (Å²) < 4.78 is 0. The van der Waals surface area contributed by atoms with Crippen molar-refractivity contribution in [3.05, 3.63) is 59.2 Å². The number of anilines is 2. The zero-order chi connectivity index (χ0) is 22.5. The van der Waals surface area contributed by atoms with Gasteiger partial charge in [-0.05, 0) is 62.8 Å². The molecule has 6 nitrogen and oxygen atoms in total. The average Bonchev–Trinajstić information content (AvgIpc) is 3.11. The van der Waals surface area contributed by atoms with Gasteiger partial charge in [-0.25, -0.2) is 0 Å². The van der Waals surface area contributed by atoms with E-state index in [-0.39, 0.29) is 17.7 Å². The number of benzene rings is 2. The number of amides is 3. The Kier molecular flexibility index (Phi) is 5.03. The third kappa shape index (κ3) is 3.12. The second-order valence-corrected chi connectivity index (χ2v) is 9.26. The molecule has 0 saturated carbocycles. The van der Waals surface area contributed by atoms with E-state index in [4.69, 9.17) is 0 Å². The summed E-state index contributed by atoms with van der Waals surface area (Å²) in [6.07, 6.45) is 3.96. The number of hydrogen-bond donors (Lipinski definition) is 0. The van der Waals surface area contributed by atoms with E-state index in [1.54, 1.807) is 11.0 Å². The molecule has 0 aromatic heterocycles. The molecule has 0 bridgehead atoms. The summed E-state index contributed by atoms with van der Waals surface area (Å²) in [5.41, 5.74) is 4.03.